The van der Waals surface area contributed by atoms with Crippen molar-refractivity contribution in [1.29, 1.82) is 0 Å². The fourth-order valence-corrected chi connectivity index (χ4v) is 3.64. The van der Waals surface area contributed by atoms with Crippen LogP contribution in [-0.4, -0.2) is 29.9 Å². The third kappa shape index (κ3) is 4.07. The number of thiophene rings is 1. The zero-order valence-corrected chi connectivity index (χ0v) is 16.0. The fraction of sp³-hybridized carbons (Fsp3) is 0.100. The maximum Gasteiger partial charge on any atom is 0.341 e. The second kappa shape index (κ2) is 8.45. The summed E-state index contributed by atoms with van der Waals surface area (Å²) < 4.78 is 4.83. The first kappa shape index (κ1) is 19.2. The van der Waals surface area contributed by atoms with E-state index < -0.39 is 11.9 Å². The van der Waals surface area contributed by atoms with Crippen molar-refractivity contribution in [3.05, 3.63) is 76.4 Å². The highest BCUT2D eigenvalue weighted by molar-refractivity contribution is 7.19. The molecule has 2 heterocycles. The van der Waals surface area contributed by atoms with Gasteiger partial charge in [-0.3, -0.25) is 14.6 Å². The zero-order valence-electron chi connectivity index (χ0n) is 15.2. The summed E-state index contributed by atoms with van der Waals surface area (Å²) in [6, 6.07) is 12.1. The average molecular weight is 395 g/mol. The quantitative estimate of drug-likeness (QED) is 0.642. The van der Waals surface area contributed by atoms with E-state index in [1.807, 2.05) is 6.07 Å². The molecule has 0 aliphatic carbocycles. The topological polar surface area (TPSA) is 97.4 Å². The first-order valence-electron chi connectivity index (χ1n) is 8.30. The molecule has 7 nitrogen and oxygen atoms in total. The van der Waals surface area contributed by atoms with Crippen LogP contribution in [0, 0.1) is 6.92 Å². The van der Waals surface area contributed by atoms with Crippen LogP contribution in [0.2, 0.25) is 0 Å². The Morgan fingerprint density at radius 3 is 2.29 bits per heavy atom. The first-order valence-corrected chi connectivity index (χ1v) is 9.12. The Balaban J connectivity index is 1.93. The number of carbonyl (C=O) groups is 3. The number of carbonyl (C=O) groups excluding carboxylic acids is 3. The molecule has 0 atom stereocenters. The molecular formula is C20H17N3O4S. The Morgan fingerprint density at radius 1 is 0.964 bits per heavy atom. The van der Waals surface area contributed by atoms with Crippen LogP contribution >= 0.6 is 11.3 Å². The number of nitrogens with one attached hydrogen (secondary N) is 2. The van der Waals surface area contributed by atoms with Crippen molar-refractivity contribution < 1.29 is 19.1 Å². The minimum atomic E-state index is -0.627. The molecular weight excluding hydrogens is 378 g/mol. The Bertz CT molecular complexity index is 1020. The standard InChI is InChI=1S/C20H17N3O4S/c1-12-15(20(26)27-2)19(23-17(24)13-8-10-21-11-9-13)28-16(12)18(25)22-14-6-4-3-5-7-14/h3-11H,1-2H3,(H,22,25)(H,23,24). The van der Waals surface area contributed by atoms with Crippen molar-refractivity contribution in [3.63, 3.8) is 0 Å². The summed E-state index contributed by atoms with van der Waals surface area (Å²) in [5.41, 5.74) is 1.61. The lowest BCUT2D eigenvalue weighted by atomic mass is 10.1. The zero-order chi connectivity index (χ0) is 20.1. The Morgan fingerprint density at radius 2 is 1.64 bits per heavy atom. The Labute approximate surface area is 165 Å². The summed E-state index contributed by atoms with van der Waals surface area (Å²) >= 11 is 1.02. The number of esters is 1. The van der Waals surface area contributed by atoms with Gasteiger partial charge in [-0.15, -0.1) is 11.3 Å². The number of aromatic nitrogens is 1. The number of methoxy groups -OCH3 is 1. The van der Waals surface area contributed by atoms with Crippen LogP contribution in [-0.2, 0) is 4.74 Å². The summed E-state index contributed by atoms with van der Waals surface area (Å²) in [7, 11) is 1.25. The van der Waals surface area contributed by atoms with Crippen molar-refractivity contribution in [2.75, 3.05) is 17.7 Å². The molecule has 3 rings (SSSR count). The molecule has 0 radical (unpaired) electrons. The molecule has 1 aromatic carbocycles. The predicted octanol–water partition coefficient (Wildman–Crippen LogP) is 3.74. The number of ether oxygens (including phenoxy) is 1. The summed E-state index contributed by atoms with van der Waals surface area (Å²) in [6.45, 7) is 1.64. The van der Waals surface area contributed by atoms with Crippen molar-refractivity contribution in [1.82, 2.24) is 4.98 Å². The molecule has 0 saturated carbocycles. The van der Waals surface area contributed by atoms with E-state index in [0.717, 1.165) is 11.3 Å². The molecule has 0 aliphatic rings. The lowest BCUT2D eigenvalue weighted by Crippen LogP contribution is -2.14. The van der Waals surface area contributed by atoms with Gasteiger partial charge in [-0.25, -0.2) is 4.79 Å². The van der Waals surface area contributed by atoms with Crippen LogP contribution in [0.4, 0.5) is 10.7 Å². The van der Waals surface area contributed by atoms with Crippen molar-refractivity contribution in [2.45, 2.75) is 6.92 Å². The van der Waals surface area contributed by atoms with E-state index in [4.69, 9.17) is 4.74 Å². The highest BCUT2D eigenvalue weighted by Gasteiger charge is 2.26. The number of pyridine rings is 1. The number of nitrogens with zero attached hydrogens (tertiary/aromatic N) is 1. The van der Waals surface area contributed by atoms with Gasteiger partial charge in [0.05, 0.1) is 17.6 Å². The minimum absolute atomic E-state index is 0.160. The van der Waals surface area contributed by atoms with Crippen LogP contribution in [0.5, 0.6) is 0 Å². The average Bonchev–Trinajstić information content (AvgIpc) is 3.04. The molecule has 2 amide bonds. The molecule has 28 heavy (non-hydrogen) atoms. The maximum absolute atomic E-state index is 12.7. The first-order chi connectivity index (χ1) is 13.5. The normalized spacial score (nSPS) is 10.2. The van der Waals surface area contributed by atoms with Crippen molar-refractivity contribution >= 4 is 39.8 Å². The van der Waals surface area contributed by atoms with Gasteiger partial charge >= 0.3 is 5.97 Å². The van der Waals surface area contributed by atoms with E-state index in [1.54, 1.807) is 43.3 Å². The van der Waals surface area contributed by atoms with Gasteiger partial charge in [0.2, 0.25) is 0 Å². The number of para-hydroxylation sites is 1. The van der Waals surface area contributed by atoms with Gasteiger partial charge in [-0.2, -0.15) is 0 Å². The monoisotopic (exact) mass is 395 g/mol. The molecule has 0 bridgehead atoms. The maximum atomic E-state index is 12.7. The van der Waals surface area contributed by atoms with Gasteiger partial charge in [-0.1, -0.05) is 18.2 Å². The largest absolute Gasteiger partial charge is 0.465 e. The molecule has 3 aromatic rings. The third-order valence-electron chi connectivity index (χ3n) is 3.94. The SMILES string of the molecule is COC(=O)c1c(NC(=O)c2ccncc2)sc(C(=O)Nc2ccccc2)c1C. The van der Waals surface area contributed by atoms with E-state index in [9.17, 15) is 14.4 Å². The molecule has 0 aliphatic heterocycles. The number of amides is 2. The Kier molecular flexibility index (Phi) is 5.81. The molecule has 0 fully saturated rings. The third-order valence-corrected chi connectivity index (χ3v) is 5.15. The van der Waals surface area contributed by atoms with Gasteiger partial charge in [0.15, 0.2) is 0 Å². The minimum Gasteiger partial charge on any atom is -0.465 e. The molecule has 2 aromatic heterocycles. The number of rotatable bonds is 5. The lowest BCUT2D eigenvalue weighted by molar-refractivity contribution is 0.0601. The smallest absolute Gasteiger partial charge is 0.341 e. The number of benzene rings is 1. The molecule has 0 unspecified atom stereocenters. The number of hydrogen-bond donors (Lipinski definition) is 2. The van der Waals surface area contributed by atoms with Gasteiger partial charge in [0.1, 0.15) is 5.00 Å². The second-order valence-electron chi connectivity index (χ2n) is 5.76. The van der Waals surface area contributed by atoms with Crippen LogP contribution in [0.25, 0.3) is 0 Å². The molecule has 142 valence electrons. The summed E-state index contributed by atoms with van der Waals surface area (Å²) in [4.78, 5) is 41.6. The van der Waals surface area contributed by atoms with Crippen molar-refractivity contribution in [3.8, 4) is 0 Å². The Hall–Kier alpha value is -3.52. The summed E-state index contributed by atoms with van der Waals surface area (Å²) in [6.07, 6.45) is 2.99. The van der Waals surface area contributed by atoms with Crippen LogP contribution in [0.15, 0.2) is 54.9 Å². The molecule has 8 heteroatoms. The van der Waals surface area contributed by atoms with E-state index in [0.29, 0.717) is 21.7 Å². The second-order valence-corrected chi connectivity index (χ2v) is 6.78. The molecule has 2 N–H and O–H groups in total. The van der Waals surface area contributed by atoms with Gasteiger partial charge in [-0.05, 0) is 36.8 Å². The number of hydrogen-bond acceptors (Lipinski definition) is 6. The summed E-state index contributed by atoms with van der Waals surface area (Å²) in [5.74, 6) is -1.41. The highest BCUT2D eigenvalue weighted by atomic mass is 32.1. The van der Waals surface area contributed by atoms with E-state index in [-0.39, 0.29) is 16.5 Å². The predicted molar refractivity (Wildman–Crippen MR) is 107 cm³/mol. The number of anilines is 2. The van der Waals surface area contributed by atoms with Gasteiger partial charge < -0.3 is 15.4 Å². The molecule has 0 saturated heterocycles. The van der Waals surface area contributed by atoms with Crippen LogP contribution < -0.4 is 10.6 Å². The van der Waals surface area contributed by atoms with Crippen molar-refractivity contribution in [2.24, 2.45) is 0 Å². The van der Waals surface area contributed by atoms with Crippen LogP contribution in [0.1, 0.15) is 36.0 Å². The highest BCUT2D eigenvalue weighted by Crippen LogP contribution is 2.34. The van der Waals surface area contributed by atoms with E-state index in [1.165, 1.54) is 19.5 Å². The molecule has 0 spiro atoms. The van der Waals surface area contributed by atoms with E-state index >= 15 is 0 Å². The van der Waals surface area contributed by atoms with Gasteiger partial charge in [0.25, 0.3) is 11.8 Å². The van der Waals surface area contributed by atoms with E-state index in [2.05, 4.69) is 15.6 Å². The van der Waals surface area contributed by atoms with Crippen LogP contribution in [0.3, 0.4) is 0 Å². The fourth-order valence-electron chi connectivity index (χ4n) is 2.55. The lowest BCUT2D eigenvalue weighted by Gasteiger charge is -2.06. The summed E-state index contributed by atoms with van der Waals surface area (Å²) in [5, 5.41) is 5.73. The van der Waals surface area contributed by atoms with Gasteiger partial charge in [0, 0.05) is 23.6 Å².